The van der Waals surface area contributed by atoms with E-state index in [1.54, 1.807) is 12.1 Å². The van der Waals surface area contributed by atoms with Crippen LogP contribution in [0, 0.1) is 0 Å². The van der Waals surface area contributed by atoms with Gasteiger partial charge in [0.2, 0.25) is 10.0 Å². The first-order valence-electron chi connectivity index (χ1n) is 4.02. The van der Waals surface area contributed by atoms with Crippen molar-refractivity contribution in [3.8, 4) is 0 Å². The van der Waals surface area contributed by atoms with Crippen LogP contribution >= 0.6 is 0 Å². The van der Waals surface area contributed by atoms with Crippen molar-refractivity contribution >= 4 is 10.0 Å². The summed E-state index contributed by atoms with van der Waals surface area (Å²) in [5, 5.41) is 0. The normalized spacial score (nSPS) is 11.6. The summed E-state index contributed by atoms with van der Waals surface area (Å²) in [6.45, 7) is 0.403. The van der Waals surface area contributed by atoms with Crippen LogP contribution in [0.3, 0.4) is 0 Å². The number of hydrogen-bond donors (Lipinski definition) is 2. The van der Waals surface area contributed by atoms with Gasteiger partial charge in [0.25, 0.3) is 0 Å². The monoisotopic (exact) mass is 214 g/mol. The molecule has 0 saturated heterocycles. The van der Waals surface area contributed by atoms with Crippen molar-refractivity contribution in [3.05, 3.63) is 29.8 Å². The first-order valence-corrected chi connectivity index (χ1v) is 5.50. The highest BCUT2D eigenvalue weighted by Crippen LogP contribution is 2.09. The van der Waals surface area contributed by atoms with Gasteiger partial charge in [0, 0.05) is 6.54 Å². The van der Waals surface area contributed by atoms with Crippen molar-refractivity contribution in [3.63, 3.8) is 0 Å². The quantitative estimate of drug-likeness (QED) is 0.686. The zero-order chi connectivity index (χ0) is 10.6. The molecule has 0 spiro atoms. The van der Waals surface area contributed by atoms with Gasteiger partial charge in [0.05, 0.1) is 4.90 Å². The third-order valence-corrected chi connectivity index (χ3v) is 3.23. The van der Waals surface area contributed by atoms with Crippen LogP contribution in [0.25, 0.3) is 0 Å². The summed E-state index contributed by atoms with van der Waals surface area (Å²) in [4.78, 5) is 0.230. The van der Waals surface area contributed by atoms with Crippen LogP contribution in [0.1, 0.15) is 5.56 Å². The van der Waals surface area contributed by atoms with Crippen LogP contribution in [0.5, 0.6) is 0 Å². The minimum Gasteiger partial charge on any atom is -0.239 e. The average Bonchev–Trinajstić information content (AvgIpc) is 2.19. The number of rotatable bonds is 4. The first kappa shape index (κ1) is 11.1. The number of hydrogen-bond acceptors (Lipinski definition) is 3. The van der Waals surface area contributed by atoms with Gasteiger partial charge in [-0.2, -0.15) is 5.84 Å². The number of benzene rings is 1. The summed E-state index contributed by atoms with van der Waals surface area (Å²) in [7, 11) is -1.98. The van der Waals surface area contributed by atoms with Gasteiger partial charge in [-0.25, -0.2) is 18.6 Å². The molecular weight excluding hydrogens is 202 g/mol. The molecule has 0 aliphatic heterocycles. The third-order valence-electron chi connectivity index (χ3n) is 1.79. The van der Waals surface area contributed by atoms with Crippen molar-refractivity contribution in [1.29, 1.82) is 0 Å². The van der Waals surface area contributed by atoms with Gasteiger partial charge in [-0.15, -0.1) is 0 Å². The molecule has 0 bridgehead atoms. The molecule has 1 rings (SSSR count). The Hall–Kier alpha value is -0.950. The summed E-state index contributed by atoms with van der Waals surface area (Å²) < 4.78 is 24.8. The Morgan fingerprint density at radius 3 is 2.29 bits per heavy atom. The maximum Gasteiger partial charge on any atom is 0.240 e. The van der Waals surface area contributed by atoms with E-state index in [1.165, 1.54) is 19.2 Å². The van der Waals surface area contributed by atoms with E-state index < -0.39 is 10.0 Å². The van der Waals surface area contributed by atoms with Gasteiger partial charge in [0.1, 0.15) is 0 Å². The van der Waals surface area contributed by atoms with E-state index in [-0.39, 0.29) is 4.90 Å². The molecular formula is C8H12N3O2S. The molecule has 1 aromatic carbocycles. The lowest BCUT2D eigenvalue weighted by Gasteiger charge is -2.03. The minimum atomic E-state index is -3.35. The fourth-order valence-electron chi connectivity index (χ4n) is 1.01. The minimum absolute atomic E-state index is 0.230. The molecule has 0 fully saturated rings. The SMILES string of the molecule is CNS(=O)(=O)c1ccc(CN[NH])cc1. The smallest absolute Gasteiger partial charge is 0.239 e. The van der Waals surface area contributed by atoms with E-state index in [4.69, 9.17) is 5.84 Å². The Bertz CT molecular complexity index is 386. The van der Waals surface area contributed by atoms with Crippen LogP contribution in [-0.4, -0.2) is 15.5 Å². The topological polar surface area (TPSA) is 82.0 Å². The standard InChI is InChI=1S/C8H12N3O2S/c1-10-14(12,13)8-4-2-7(3-5-8)6-11-9/h2-5,9-11H,6H2,1H3. The molecule has 0 heterocycles. The Morgan fingerprint density at radius 2 is 1.86 bits per heavy atom. The van der Waals surface area contributed by atoms with Crippen LogP contribution in [-0.2, 0) is 16.6 Å². The Morgan fingerprint density at radius 1 is 1.29 bits per heavy atom. The molecule has 0 atom stereocenters. The highest BCUT2D eigenvalue weighted by molar-refractivity contribution is 7.89. The third kappa shape index (κ3) is 2.52. The van der Waals surface area contributed by atoms with Crippen molar-refractivity contribution < 1.29 is 8.42 Å². The van der Waals surface area contributed by atoms with E-state index in [0.717, 1.165) is 5.56 Å². The first-order chi connectivity index (χ1) is 6.60. The molecule has 0 aliphatic rings. The molecule has 0 saturated carbocycles. The van der Waals surface area contributed by atoms with Crippen molar-refractivity contribution in [2.75, 3.05) is 7.05 Å². The highest BCUT2D eigenvalue weighted by atomic mass is 32.2. The average molecular weight is 214 g/mol. The molecule has 6 heteroatoms. The maximum absolute atomic E-state index is 11.3. The fraction of sp³-hybridized carbons (Fsp3) is 0.250. The molecule has 1 aromatic rings. The van der Waals surface area contributed by atoms with Gasteiger partial charge in [-0.1, -0.05) is 12.1 Å². The maximum atomic E-state index is 11.3. The van der Waals surface area contributed by atoms with E-state index in [2.05, 4.69) is 10.1 Å². The van der Waals surface area contributed by atoms with Crippen molar-refractivity contribution in [2.45, 2.75) is 11.4 Å². The number of nitrogens with one attached hydrogen (secondary N) is 3. The Kier molecular flexibility index (Phi) is 3.59. The van der Waals surface area contributed by atoms with Gasteiger partial charge < -0.3 is 0 Å². The zero-order valence-electron chi connectivity index (χ0n) is 7.74. The molecule has 0 aromatic heterocycles. The summed E-state index contributed by atoms with van der Waals surface area (Å²) >= 11 is 0. The van der Waals surface area contributed by atoms with Gasteiger partial charge in [0.15, 0.2) is 0 Å². The second-order valence-electron chi connectivity index (χ2n) is 2.71. The molecule has 5 nitrogen and oxygen atoms in total. The molecule has 0 amide bonds. The molecule has 3 N–H and O–H groups in total. The lowest BCUT2D eigenvalue weighted by molar-refractivity contribution is 0.588. The molecule has 0 unspecified atom stereocenters. The predicted octanol–water partition coefficient (Wildman–Crippen LogP) is -0.118. The summed E-state index contributed by atoms with van der Waals surface area (Å²) in [5.74, 6) is 6.77. The zero-order valence-corrected chi connectivity index (χ0v) is 8.56. The van der Waals surface area contributed by atoms with E-state index >= 15 is 0 Å². The van der Waals surface area contributed by atoms with Crippen molar-refractivity contribution in [2.24, 2.45) is 0 Å². The fourth-order valence-corrected chi connectivity index (χ4v) is 1.74. The molecule has 77 valence electrons. The van der Waals surface area contributed by atoms with Crippen LogP contribution in [0.2, 0.25) is 0 Å². The second kappa shape index (κ2) is 4.52. The second-order valence-corrected chi connectivity index (χ2v) is 4.59. The molecule has 1 radical (unpaired) electrons. The highest BCUT2D eigenvalue weighted by Gasteiger charge is 2.09. The van der Waals surface area contributed by atoms with E-state index in [9.17, 15) is 8.42 Å². The van der Waals surface area contributed by atoms with Crippen LogP contribution in [0.15, 0.2) is 29.2 Å². The Balaban J connectivity index is 2.94. The van der Waals surface area contributed by atoms with Crippen molar-refractivity contribution in [1.82, 2.24) is 16.0 Å². The van der Waals surface area contributed by atoms with E-state index in [1.807, 2.05) is 0 Å². The van der Waals surface area contributed by atoms with Gasteiger partial charge >= 0.3 is 0 Å². The van der Waals surface area contributed by atoms with Gasteiger partial charge in [-0.05, 0) is 24.7 Å². The largest absolute Gasteiger partial charge is 0.240 e. The van der Waals surface area contributed by atoms with Gasteiger partial charge in [-0.3, -0.25) is 0 Å². The molecule has 14 heavy (non-hydrogen) atoms. The lowest BCUT2D eigenvalue weighted by Crippen LogP contribution is -2.18. The Labute approximate surface area is 83.3 Å². The summed E-state index contributed by atoms with van der Waals surface area (Å²) in [6, 6.07) is 6.37. The predicted molar refractivity (Wildman–Crippen MR) is 52.6 cm³/mol. The van der Waals surface area contributed by atoms with Crippen LogP contribution in [0.4, 0.5) is 0 Å². The van der Waals surface area contributed by atoms with Crippen LogP contribution < -0.4 is 16.0 Å². The summed E-state index contributed by atoms with van der Waals surface area (Å²) in [6.07, 6.45) is 0. The summed E-state index contributed by atoms with van der Waals surface area (Å²) in [5.41, 5.74) is 3.11. The van der Waals surface area contributed by atoms with E-state index in [0.29, 0.717) is 6.54 Å². The lowest BCUT2D eigenvalue weighted by atomic mass is 10.2. The number of sulfonamides is 1. The molecule has 0 aliphatic carbocycles.